The summed E-state index contributed by atoms with van der Waals surface area (Å²) in [5.74, 6) is 1.03. The molecule has 2 saturated heterocycles. The van der Waals surface area contributed by atoms with Gasteiger partial charge in [-0.05, 0) is 86.1 Å². The lowest BCUT2D eigenvalue weighted by Crippen LogP contribution is -2.54. The number of hydrogen-bond acceptors (Lipinski definition) is 11. The third kappa shape index (κ3) is 8.26. The number of imidazole rings is 2. The molecule has 0 saturated carbocycles. The van der Waals surface area contributed by atoms with Crippen LogP contribution in [-0.4, -0.2) is 120 Å². The van der Waals surface area contributed by atoms with Gasteiger partial charge in [0.15, 0.2) is 6.04 Å². The van der Waals surface area contributed by atoms with E-state index in [4.69, 9.17) is 29.1 Å². The van der Waals surface area contributed by atoms with Gasteiger partial charge in [-0.25, -0.2) is 19.8 Å². The molecule has 0 radical (unpaired) electrons. The molecule has 3 amide bonds. The van der Waals surface area contributed by atoms with Gasteiger partial charge in [-0.3, -0.25) is 9.59 Å². The number of nitrogens with one attached hydrogen (secondary N) is 3. The van der Waals surface area contributed by atoms with E-state index in [9.17, 15) is 14.4 Å². The molecular formula is C42H50N8O8. The maximum atomic E-state index is 13.7. The zero-order valence-corrected chi connectivity index (χ0v) is 33.6. The number of amides is 3. The minimum Gasteiger partial charge on any atom is -0.453 e. The number of carbonyl (C=O) groups excluding carboxylic acids is 3. The van der Waals surface area contributed by atoms with Crippen molar-refractivity contribution in [2.75, 3.05) is 41.5 Å². The summed E-state index contributed by atoms with van der Waals surface area (Å²) >= 11 is 0. The van der Waals surface area contributed by atoms with E-state index >= 15 is 0 Å². The Kier molecular flexibility index (Phi) is 12.4. The summed E-state index contributed by atoms with van der Waals surface area (Å²) in [7, 11) is 5.68. The smallest absolute Gasteiger partial charge is 0.407 e. The number of ether oxygens (including phenoxy) is 3. The number of aliphatic imine (C=N–C) groups is 1. The molecule has 0 spiro atoms. The van der Waals surface area contributed by atoms with Gasteiger partial charge in [-0.2, -0.15) is 4.89 Å². The molecule has 6 atom stereocenters. The molecule has 7 rings (SSSR count). The van der Waals surface area contributed by atoms with Crippen LogP contribution in [0.2, 0.25) is 0 Å². The van der Waals surface area contributed by atoms with Crippen molar-refractivity contribution < 1.29 is 38.4 Å². The molecule has 3 N–H and O–H groups in total. The van der Waals surface area contributed by atoms with E-state index in [0.717, 1.165) is 82.2 Å². The van der Waals surface area contributed by atoms with E-state index in [1.54, 1.807) is 25.9 Å². The van der Waals surface area contributed by atoms with E-state index in [2.05, 4.69) is 67.6 Å². The first-order chi connectivity index (χ1) is 28.1. The maximum Gasteiger partial charge on any atom is 0.407 e. The fourth-order valence-electron chi connectivity index (χ4n) is 7.91. The van der Waals surface area contributed by atoms with Crippen molar-refractivity contribution >= 4 is 46.4 Å². The number of methoxy groups -OCH3 is 3. The van der Waals surface area contributed by atoms with Crippen molar-refractivity contribution in [3.8, 4) is 22.3 Å². The van der Waals surface area contributed by atoms with Crippen molar-refractivity contribution in [2.45, 2.75) is 75.9 Å². The lowest BCUT2D eigenvalue weighted by Gasteiger charge is -2.30. The van der Waals surface area contributed by atoms with Crippen LogP contribution >= 0.6 is 0 Å². The first-order valence-electron chi connectivity index (χ1n) is 19.5. The number of aromatic amines is 2. The number of hydrogen-bond donors (Lipinski definition) is 3. The lowest BCUT2D eigenvalue weighted by atomic mass is 10.00. The average Bonchev–Trinajstić information content (AvgIpc) is 4.08. The molecule has 3 aromatic carbocycles. The Morgan fingerprint density at radius 3 is 1.72 bits per heavy atom. The van der Waals surface area contributed by atoms with Crippen LogP contribution in [0.15, 0.2) is 65.7 Å². The normalized spacial score (nSPS) is 19.1. The van der Waals surface area contributed by atoms with Crippen molar-refractivity contribution in [3.05, 3.63) is 72.3 Å². The predicted octanol–water partition coefficient (Wildman–Crippen LogP) is 5.87. The minimum absolute atomic E-state index is 0.161. The highest BCUT2D eigenvalue weighted by atomic mass is 17.2. The summed E-state index contributed by atoms with van der Waals surface area (Å²) in [6.07, 6.45) is 2.58. The Morgan fingerprint density at radius 2 is 1.24 bits per heavy atom. The second-order valence-electron chi connectivity index (χ2n) is 14.6. The Hall–Kier alpha value is -5.84. The van der Waals surface area contributed by atoms with Crippen molar-refractivity contribution in [1.29, 1.82) is 0 Å². The largest absolute Gasteiger partial charge is 0.453 e. The topological polar surface area (TPSA) is 186 Å². The van der Waals surface area contributed by atoms with E-state index in [1.165, 1.54) is 21.3 Å². The molecule has 2 fully saturated rings. The van der Waals surface area contributed by atoms with Gasteiger partial charge in [0.1, 0.15) is 17.7 Å². The van der Waals surface area contributed by atoms with Gasteiger partial charge >= 0.3 is 6.09 Å². The van der Waals surface area contributed by atoms with Gasteiger partial charge in [-0.1, -0.05) is 36.4 Å². The van der Waals surface area contributed by atoms with Gasteiger partial charge < -0.3 is 44.2 Å². The van der Waals surface area contributed by atoms with Crippen molar-refractivity contribution in [3.63, 3.8) is 0 Å². The van der Waals surface area contributed by atoms with Crippen LogP contribution in [0.4, 0.5) is 4.79 Å². The van der Waals surface area contributed by atoms with Crippen LogP contribution in [0.3, 0.4) is 0 Å². The molecule has 0 bridgehead atoms. The third-order valence-corrected chi connectivity index (χ3v) is 11.3. The quantitative estimate of drug-likeness (QED) is 0.0532. The fourth-order valence-corrected chi connectivity index (χ4v) is 7.91. The number of benzene rings is 3. The van der Waals surface area contributed by atoms with Gasteiger partial charge in [0.25, 0.3) is 5.91 Å². The van der Waals surface area contributed by atoms with Crippen LogP contribution in [0.5, 0.6) is 0 Å². The second kappa shape index (κ2) is 17.7. The predicted molar refractivity (Wildman–Crippen MR) is 217 cm³/mol. The minimum atomic E-state index is -0.900. The molecule has 2 aromatic heterocycles. The Morgan fingerprint density at radius 1 is 0.741 bits per heavy atom. The van der Waals surface area contributed by atoms with Gasteiger partial charge in [0.05, 0.1) is 60.6 Å². The standard InChI is InChI=1S/C42H50N8O8/c1-24(54-3)36(43-23-58-57-6)40(51)49-19-7-9-34(49)38-44-30-17-15-28(21-32(30)46-38)26-11-13-27(14-12-26)29-16-18-31-33(22-29)47-39(45-31)35-10-8-20-50(35)41(52)37(25(2)55-4)48-42(53)56-5/h11-18,21-25,34-37H,7-10,19-20H2,1-6H3,(H,44,46)(H,45,47)(H,48,53)/b43-23+/t24-,25-,34+,35+,36+,37+/m1/s1. The van der Waals surface area contributed by atoms with E-state index in [1.807, 2.05) is 23.1 Å². The second-order valence-corrected chi connectivity index (χ2v) is 14.6. The van der Waals surface area contributed by atoms with E-state index < -0.39 is 30.4 Å². The molecule has 4 heterocycles. The number of H-pyrrole nitrogens is 2. The van der Waals surface area contributed by atoms with Crippen LogP contribution in [0.25, 0.3) is 44.3 Å². The fraction of sp³-hybridized carbons (Fsp3) is 0.429. The molecule has 5 aromatic rings. The molecule has 0 aliphatic carbocycles. The molecule has 2 aliphatic rings. The molecule has 306 valence electrons. The first-order valence-corrected chi connectivity index (χ1v) is 19.5. The molecule has 16 heteroatoms. The molecule has 16 nitrogen and oxygen atoms in total. The molecule has 58 heavy (non-hydrogen) atoms. The van der Waals surface area contributed by atoms with Crippen LogP contribution in [-0.2, 0) is 33.6 Å². The Bertz CT molecular complexity index is 2270. The van der Waals surface area contributed by atoms with Gasteiger partial charge in [0, 0.05) is 27.3 Å². The number of aromatic nitrogens is 4. The zero-order valence-electron chi connectivity index (χ0n) is 33.6. The summed E-state index contributed by atoms with van der Waals surface area (Å²) in [4.78, 5) is 73.5. The van der Waals surface area contributed by atoms with E-state index in [-0.39, 0.29) is 23.9 Å². The average molecular weight is 795 g/mol. The highest BCUT2D eigenvalue weighted by molar-refractivity contribution is 5.88. The molecule has 0 unspecified atom stereocenters. The Labute approximate surface area is 336 Å². The number of rotatable bonds is 14. The summed E-state index contributed by atoms with van der Waals surface area (Å²) in [6, 6.07) is 18.4. The SMILES string of the molecule is COO/C=N/[C@H](C(=O)N1CCC[C@H]1c1nc2cc(-c3ccc(-c4ccc5[nH]c([C@@H]6CCCN6C(=O)[C@@H](NC(=O)OC)[C@@H](C)OC)nc5c4)cc3)ccc2[nH]1)[C@@H](C)OC. The summed E-state index contributed by atoms with van der Waals surface area (Å²) in [5.41, 5.74) is 7.47. The third-order valence-electron chi connectivity index (χ3n) is 11.3. The number of carbonyl (C=O) groups is 3. The van der Waals surface area contributed by atoms with Crippen LogP contribution in [0.1, 0.15) is 63.3 Å². The number of likely N-dealkylation sites (tertiary alicyclic amines) is 2. The van der Waals surface area contributed by atoms with Crippen molar-refractivity contribution in [1.82, 2.24) is 35.1 Å². The van der Waals surface area contributed by atoms with Crippen LogP contribution in [0, 0.1) is 0 Å². The first kappa shape index (κ1) is 40.4. The molecular weight excluding hydrogens is 745 g/mol. The number of fused-ring (bicyclic) bond motifs is 2. The Balaban J connectivity index is 1.06. The lowest BCUT2D eigenvalue weighted by molar-refractivity contribution is -0.188. The highest BCUT2D eigenvalue weighted by Crippen LogP contribution is 2.36. The van der Waals surface area contributed by atoms with Crippen LogP contribution < -0.4 is 5.32 Å². The summed E-state index contributed by atoms with van der Waals surface area (Å²) < 4.78 is 15.6. The molecule has 2 aliphatic heterocycles. The number of nitrogens with zero attached hydrogens (tertiary/aromatic N) is 5. The van der Waals surface area contributed by atoms with Gasteiger partial charge in [-0.15, -0.1) is 0 Å². The summed E-state index contributed by atoms with van der Waals surface area (Å²) in [5, 5.41) is 2.63. The zero-order chi connectivity index (χ0) is 40.9. The monoisotopic (exact) mass is 794 g/mol. The highest BCUT2D eigenvalue weighted by Gasteiger charge is 2.40. The van der Waals surface area contributed by atoms with E-state index in [0.29, 0.717) is 18.9 Å². The van der Waals surface area contributed by atoms with Gasteiger partial charge in [0.2, 0.25) is 12.3 Å². The maximum absolute atomic E-state index is 13.7. The summed E-state index contributed by atoms with van der Waals surface area (Å²) in [6.45, 7) is 4.67. The number of alkyl carbamates (subject to hydrolysis) is 1. The van der Waals surface area contributed by atoms with Crippen molar-refractivity contribution in [2.24, 2.45) is 4.99 Å².